The molecular formula is C11H11ClO2. The van der Waals surface area contributed by atoms with Crippen molar-refractivity contribution in [3.05, 3.63) is 40.9 Å². The van der Waals surface area contributed by atoms with Gasteiger partial charge < -0.3 is 4.74 Å². The normalized spacial score (nSPS) is 10.4. The van der Waals surface area contributed by atoms with E-state index in [4.69, 9.17) is 16.3 Å². The first kappa shape index (κ1) is 10.8. The van der Waals surface area contributed by atoms with E-state index >= 15 is 0 Å². The molecule has 0 fully saturated rings. The minimum atomic E-state index is 0.402. The fourth-order valence-electron chi connectivity index (χ4n) is 0.992. The van der Waals surface area contributed by atoms with Crippen molar-refractivity contribution in [2.75, 3.05) is 6.61 Å². The molecule has 0 heterocycles. The van der Waals surface area contributed by atoms with Gasteiger partial charge in [-0.25, -0.2) is 0 Å². The van der Waals surface area contributed by atoms with Crippen LogP contribution in [0.4, 0.5) is 0 Å². The lowest BCUT2D eigenvalue weighted by molar-refractivity contribution is 0.112. The second-order valence-electron chi connectivity index (χ2n) is 2.65. The Morgan fingerprint density at radius 1 is 1.50 bits per heavy atom. The summed E-state index contributed by atoms with van der Waals surface area (Å²) in [7, 11) is 0. The van der Waals surface area contributed by atoms with E-state index in [1.165, 1.54) is 0 Å². The van der Waals surface area contributed by atoms with Gasteiger partial charge in [-0.3, -0.25) is 4.79 Å². The van der Waals surface area contributed by atoms with Gasteiger partial charge in [0.25, 0.3) is 0 Å². The third-order valence-electron chi connectivity index (χ3n) is 1.70. The van der Waals surface area contributed by atoms with Crippen LogP contribution >= 0.6 is 11.6 Å². The number of rotatable bonds is 4. The van der Waals surface area contributed by atoms with Gasteiger partial charge in [0.1, 0.15) is 12.4 Å². The van der Waals surface area contributed by atoms with Crippen LogP contribution in [0.5, 0.6) is 5.75 Å². The topological polar surface area (TPSA) is 26.3 Å². The highest BCUT2D eigenvalue weighted by atomic mass is 35.5. The molecule has 0 saturated carbocycles. The summed E-state index contributed by atoms with van der Waals surface area (Å²) in [4.78, 5) is 10.7. The van der Waals surface area contributed by atoms with Crippen molar-refractivity contribution in [3.8, 4) is 5.75 Å². The van der Waals surface area contributed by atoms with Gasteiger partial charge in [0, 0.05) is 0 Å². The zero-order valence-electron chi connectivity index (χ0n) is 7.87. The van der Waals surface area contributed by atoms with Crippen LogP contribution in [0.2, 0.25) is 5.02 Å². The van der Waals surface area contributed by atoms with Gasteiger partial charge in [-0.2, -0.15) is 0 Å². The first-order chi connectivity index (χ1) is 6.79. The maximum atomic E-state index is 10.7. The number of allylic oxidation sites excluding steroid dienone is 1. The maximum absolute atomic E-state index is 10.7. The fraction of sp³-hybridized carbons (Fsp3) is 0.182. The number of carbonyl (C=O) groups is 1. The molecule has 0 N–H and O–H groups in total. The SMILES string of the molecule is C/C=C/COc1cccc(Cl)c1C=O. The van der Waals surface area contributed by atoms with Crippen molar-refractivity contribution in [2.24, 2.45) is 0 Å². The van der Waals surface area contributed by atoms with Gasteiger partial charge in [-0.1, -0.05) is 29.8 Å². The van der Waals surface area contributed by atoms with Crippen molar-refractivity contribution in [1.29, 1.82) is 0 Å². The van der Waals surface area contributed by atoms with E-state index in [0.29, 0.717) is 29.2 Å². The van der Waals surface area contributed by atoms with Crippen molar-refractivity contribution in [3.63, 3.8) is 0 Å². The van der Waals surface area contributed by atoms with Gasteiger partial charge in [-0.05, 0) is 19.1 Å². The average molecular weight is 211 g/mol. The lowest BCUT2D eigenvalue weighted by atomic mass is 10.2. The Morgan fingerprint density at radius 3 is 2.93 bits per heavy atom. The van der Waals surface area contributed by atoms with E-state index in [-0.39, 0.29) is 0 Å². The Bertz CT molecular complexity index is 345. The molecule has 1 aromatic carbocycles. The van der Waals surface area contributed by atoms with Crippen molar-refractivity contribution >= 4 is 17.9 Å². The average Bonchev–Trinajstić information content (AvgIpc) is 2.18. The van der Waals surface area contributed by atoms with E-state index in [2.05, 4.69) is 0 Å². The van der Waals surface area contributed by atoms with E-state index < -0.39 is 0 Å². The highest BCUT2D eigenvalue weighted by Crippen LogP contribution is 2.24. The molecule has 0 atom stereocenters. The molecule has 0 aromatic heterocycles. The van der Waals surface area contributed by atoms with Crippen LogP contribution < -0.4 is 4.74 Å². The minimum absolute atomic E-state index is 0.402. The summed E-state index contributed by atoms with van der Waals surface area (Å²) in [5, 5.41) is 0.415. The molecule has 0 radical (unpaired) electrons. The van der Waals surface area contributed by atoms with E-state index in [1.54, 1.807) is 18.2 Å². The lowest BCUT2D eigenvalue weighted by Gasteiger charge is -2.06. The summed E-state index contributed by atoms with van der Waals surface area (Å²) in [6.45, 7) is 2.35. The van der Waals surface area contributed by atoms with Crippen molar-refractivity contribution < 1.29 is 9.53 Å². The van der Waals surface area contributed by atoms with Crippen LogP contribution in [0.3, 0.4) is 0 Å². The maximum Gasteiger partial charge on any atom is 0.155 e. The largest absolute Gasteiger partial charge is 0.489 e. The quantitative estimate of drug-likeness (QED) is 0.564. The summed E-state index contributed by atoms with van der Waals surface area (Å²) in [6, 6.07) is 5.13. The number of halogens is 1. The number of benzene rings is 1. The van der Waals surface area contributed by atoms with E-state index in [0.717, 1.165) is 0 Å². The lowest BCUT2D eigenvalue weighted by Crippen LogP contribution is -1.97. The number of hydrogen-bond donors (Lipinski definition) is 0. The molecule has 0 spiro atoms. The van der Waals surface area contributed by atoms with Crippen LogP contribution in [0, 0.1) is 0 Å². The molecule has 74 valence electrons. The highest BCUT2D eigenvalue weighted by molar-refractivity contribution is 6.33. The molecule has 0 aliphatic carbocycles. The highest BCUT2D eigenvalue weighted by Gasteiger charge is 2.05. The van der Waals surface area contributed by atoms with E-state index in [9.17, 15) is 4.79 Å². The van der Waals surface area contributed by atoms with Gasteiger partial charge in [0.05, 0.1) is 10.6 Å². The number of hydrogen-bond acceptors (Lipinski definition) is 2. The minimum Gasteiger partial charge on any atom is -0.489 e. The number of carbonyl (C=O) groups excluding carboxylic acids is 1. The Labute approximate surface area is 88.1 Å². The van der Waals surface area contributed by atoms with Gasteiger partial charge >= 0.3 is 0 Å². The summed E-state index contributed by atoms with van der Waals surface area (Å²) >= 11 is 5.81. The van der Waals surface area contributed by atoms with Crippen molar-refractivity contribution in [1.82, 2.24) is 0 Å². The zero-order chi connectivity index (χ0) is 10.4. The van der Waals surface area contributed by atoms with Crippen molar-refractivity contribution in [2.45, 2.75) is 6.92 Å². The third kappa shape index (κ3) is 2.60. The molecule has 0 amide bonds. The molecule has 0 aliphatic heterocycles. The van der Waals surface area contributed by atoms with Gasteiger partial charge in [0.15, 0.2) is 6.29 Å². The second-order valence-corrected chi connectivity index (χ2v) is 3.06. The summed E-state index contributed by atoms with van der Waals surface area (Å²) in [6.07, 6.45) is 4.44. The first-order valence-electron chi connectivity index (χ1n) is 4.27. The molecule has 0 saturated heterocycles. The van der Waals surface area contributed by atoms with Gasteiger partial charge in [-0.15, -0.1) is 0 Å². The smallest absolute Gasteiger partial charge is 0.155 e. The molecule has 3 heteroatoms. The summed E-state index contributed by atoms with van der Waals surface area (Å²) < 4.78 is 5.35. The Kier molecular flexibility index (Phi) is 4.20. The molecule has 0 aliphatic rings. The number of aldehydes is 1. The molecule has 0 bridgehead atoms. The summed E-state index contributed by atoms with van der Waals surface area (Å²) in [5.41, 5.74) is 0.402. The molecular weight excluding hydrogens is 200 g/mol. The Morgan fingerprint density at radius 2 is 2.29 bits per heavy atom. The van der Waals surface area contributed by atoms with Crippen LogP contribution in [0.15, 0.2) is 30.4 Å². The molecule has 2 nitrogen and oxygen atoms in total. The second kappa shape index (κ2) is 5.45. The Balaban J connectivity index is 2.85. The van der Waals surface area contributed by atoms with Crippen LogP contribution in [-0.2, 0) is 0 Å². The predicted octanol–water partition coefficient (Wildman–Crippen LogP) is 3.11. The molecule has 14 heavy (non-hydrogen) atoms. The Hall–Kier alpha value is -1.28. The molecule has 1 rings (SSSR count). The van der Waals surface area contributed by atoms with Gasteiger partial charge in [0.2, 0.25) is 0 Å². The van der Waals surface area contributed by atoms with Crippen LogP contribution in [-0.4, -0.2) is 12.9 Å². The monoisotopic (exact) mass is 210 g/mol. The predicted molar refractivity (Wildman–Crippen MR) is 57.1 cm³/mol. The fourth-order valence-corrected chi connectivity index (χ4v) is 1.20. The zero-order valence-corrected chi connectivity index (χ0v) is 8.62. The van der Waals surface area contributed by atoms with E-state index in [1.807, 2.05) is 19.1 Å². The standard InChI is InChI=1S/C11H11ClO2/c1-2-3-7-14-11-6-4-5-10(12)9(11)8-13/h2-6,8H,7H2,1H3/b3-2+. The third-order valence-corrected chi connectivity index (χ3v) is 2.03. The van der Waals surface area contributed by atoms with Crippen LogP contribution in [0.1, 0.15) is 17.3 Å². The summed E-state index contributed by atoms with van der Waals surface area (Å²) in [5.74, 6) is 0.519. The molecule has 0 unspecified atom stereocenters. The number of ether oxygens (including phenoxy) is 1. The molecule has 1 aromatic rings. The first-order valence-corrected chi connectivity index (χ1v) is 4.65. The van der Waals surface area contributed by atoms with Crippen LogP contribution in [0.25, 0.3) is 0 Å².